The molecule has 0 radical (unpaired) electrons. The summed E-state index contributed by atoms with van der Waals surface area (Å²) in [6, 6.07) is 0. The fourth-order valence-electron chi connectivity index (χ4n) is 1.01. The van der Waals surface area contributed by atoms with Gasteiger partial charge in [-0.1, -0.05) is 0 Å². The molecule has 0 bridgehead atoms. The summed E-state index contributed by atoms with van der Waals surface area (Å²) in [6.45, 7) is 1.40. The van der Waals surface area contributed by atoms with Crippen molar-refractivity contribution in [3.05, 3.63) is 0 Å². The summed E-state index contributed by atoms with van der Waals surface area (Å²) in [5, 5.41) is 17.0. The Morgan fingerprint density at radius 3 is 2.00 bits per heavy atom. The van der Waals surface area contributed by atoms with Gasteiger partial charge in [-0.05, 0) is 6.92 Å². The van der Waals surface area contributed by atoms with Crippen molar-refractivity contribution < 1.29 is 18.6 Å². The molecule has 5 heteroatoms. The van der Waals surface area contributed by atoms with E-state index in [1.165, 1.54) is 6.92 Å². The maximum atomic E-state index is 10.9. The fourth-order valence-corrected chi connectivity index (χ4v) is 2.60. The zero-order valence-corrected chi connectivity index (χ0v) is 6.37. The summed E-state index contributed by atoms with van der Waals surface area (Å²) >= 11 is 0. The van der Waals surface area contributed by atoms with Crippen LogP contribution >= 0.6 is 0 Å². The van der Waals surface area contributed by atoms with Crippen molar-refractivity contribution in [3.8, 4) is 0 Å². The summed E-state index contributed by atoms with van der Waals surface area (Å²) in [6.07, 6.45) is -2.20. The van der Waals surface area contributed by atoms with Gasteiger partial charge < -0.3 is 10.2 Å². The van der Waals surface area contributed by atoms with Crippen LogP contribution in [0.2, 0.25) is 0 Å². The molecular weight excluding hydrogens is 156 g/mol. The van der Waals surface area contributed by atoms with Crippen molar-refractivity contribution in [2.75, 3.05) is 5.75 Å². The van der Waals surface area contributed by atoms with Gasteiger partial charge in [0.1, 0.15) is 0 Å². The Morgan fingerprint density at radius 2 is 1.90 bits per heavy atom. The van der Waals surface area contributed by atoms with Crippen LogP contribution in [0.4, 0.5) is 0 Å². The van der Waals surface area contributed by atoms with Crippen LogP contribution in [0.15, 0.2) is 0 Å². The lowest BCUT2D eigenvalue weighted by atomic mass is 10.2. The van der Waals surface area contributed by atoms with Gasteiger partial charge in [-0.2, -0.15) is 0 Å². The first-order valence-corrected chi connectivity index (χ1v) is 4.74. The van der Waals surface area contributed by atoms with E-state index in [4.69, 9.17) is 10.2 Å². The third-order valence-electron chi connectivity index (χ3n) is 1.84. The molecule has 10 heavy (non-hydrogen) atoms. The largest absolute Gasteiger partial charge is 0.389 e. The molecule has 0 amide bonds. The van der Waals surface area contributed by atoms with Gasteiger partial charge in [0.2, 0.25) is 0 Å². The van der Waals surface area contributed by atoms with Gasteiger partial charge >= 0.3 is 0 Å². The minimum atomic E-state index is -3.22. The average Bonchev–Trinajstić information content (AvgIpc) is 1.95. The van der Waals surface area contributed by atoms with Crippen LogP contribution in [0.5, 0.6) is 0 Å². The van der Waals surface area contributed by atoms with Crippen LogP contribution < -0.4 is 0 Å². The molecule has 60 valence electrons. The Bertz CT molecular complexity index is 220. The molecule has 0 aromatic heterocycles. The Labute approximate surface area is 59.4 Å². The lowest BCUT2D eigenvalue weighted by Crippen LogP contribution is -2.28. The van der Waals surface area contributed by atoms with Crippen LogP contribution in [0, 0.1) is 0 Å². The summed E-state index contributed by atoms with van der Waals surface area (Å²) in [5.74, 6) is -0.310. The van der Waals surface area contributed by atoms with Crippen LogP contribution in [-0.2, 0) is 9.84 Å². The molecular formula is C5H10O4S. The topological polar surface area (TPSA) is 74.6 Å². The number of hydrogen-bond acceptors (Lipinski definition) is 4. The average molecular weight is 166 g/mol. The third kappa shape index (κ3) is 1.04. The highest BCUT2D eigenvalue weighted by atomic mass is 32.2. The highest BCUT2D eigenvalue weighted by Crippen LogP contribution is 2.20. The Morgan fingerprint density at radius 1 is 1.40 bits per heavy atom. The van der Waals surface area contributed by atoms with Crippen LogP contribution in [0.3, 0.4) is 0 Å². The number of aliphatic hydroxyl groups is 2. The number of sulfone groups is 1. The van der Waals surface area contributed by atoms with E-state index < -0.39 is 27.3 Å². The lowest BCUT2D eigenvalue weighted by molar-refractivity contribution is 0.0444. The van der Waals surface area contributed by atoms with Crippen LogP contribution in [0.25, 0.3) is 0 Å². The second kappa shape index (κ2) is 2.18. The minimum Gasteiger partial charge on any atom is -0.389 e. The van der Waals surface area contributed by atoms with Crippen molar-refractivity contribution in [2.24, 2.45) is 0 Å². The van der Waals surface area contributed by atoms with Gasteiger partial charge in [0.25, 0.3) is 0 Å². The molecule has 1 aliphatic rings. The first-order chi connectivity index (χ1) is 4.45. The highest BCUT2D eigenvalue weighted by Gasteiger charge is 2.42. The van der Waals surface area contributed by atoms with Gasteiger partial charge in [0.05, 0.1) is 23.2 Å². The second-order valence-corrected chi connectivity index (χ2v) is 5.00. The van der Waals surface area contributed by atoms with Gasteiger partial charge in [-0.25, -0.2) is 8.42 Å². The molecule has 0 aromatic carbocycles. The molecule has 0 saturated carbocycles. The molecule has 0 aromatic rings. The van der Waals surface area contributed by atoms with Gasteiger partial charge in [-0.15, -0.1) is 0 Å². The lowest BCUT2D eigenvalue weighted by Gasteiger charge is -2.07. The molecule has 3 atom stereocenters. The van der Waals surface area contributed by atoms with E-state index in [1.807, 2.05) is 0 Å². The van der Waals surface area contributed by atoms with E-state index in [-0.39, 0.29) is 5.75 Å². The monoisotopic (exact) mass is 166 g/mol. The van der Waals surface area contributed by atoms with E-state index in [1.54, 1.807) is 0 Å². The van der Waals surface area contributed by atoms with Crippen molar-refractivity contribution in [1.82, 2.24) is 0 Å². The minimum absolute atomic E-state index is 0.310. The van der Waals surface area contributed by atoms with E-state index in [2.05, 4.69) is 0 Å². The number of hydrogen-bond donors (Lipinski definition) is 2. The molecule has 1 rings (SSSR count). The Hall–Kier alpha value is -0.130. The van der Waals surface area contributed by atoms with Crippen LogP contribution in [-0.4, -0.2) is 41.8 Å². The smallest absolute Gasteiger partial charge is 0.158 e. The maximum absolute atomic E-state index is 10.9. The van der Waals surface area contributed by atoms with Gasteiger partial charge in [0.15, 0.2) is 9.84 Å². The van der Waals surface area contributed by atoms with E-state index >= 15 is 0 Å². The molecule has 4 nitrogen and oxygen atoms in total. The molecule has 1 fully saturated rings. The molecule has 2 N–H and O–H groups in total. The molecule has 1 unspecified atom stereocenters. The third-order valence-corrected chi connectivity index (χ3v) is 4.06. The summed E-state index contributed by atoms with van der Waals surface area (Å²) < 4.78 is 21.7. The zero-order chi connectivity index (χ0) is 7.94. The summed E-state index contributed by atoms with van der Waals surface area (Å²) in [4.78, 5) is 0. The van der Waals surface area contributed by atoms with Gasteiger partial charge in [0, 0.05) is 0 Å². The van der Waals surface area contributed by atoms with Crippen LogP contribution in [0.1, 0.15) is 6.92 Å². The molecule has 1 saturated heterocycles. The van der Waals surface area contributed by atoms with E-state index in [0.29, 0.717) is 0 Å². The maximum Gasteiger partial charge on any atom is 0.158 e. The normalized spacial score (nSPS) is 45.7. The standard InChI is InChI=1S/C5H10O4S/c1-3-5(7)4(6)2-10(3,8)9/h3-7H,2H2,1H3/t3?,4-,5-/m0/s1. The highest BCUT2D eigenvalue weighted by molar-refractivity contribution is 7.92. The van der Waals surface area contributed by atoms with Crippen molar-refractivity contribution in [2.45, 2.75) is 24.4 Å². The van der Waals surface area contributed by atoms with Crippen molar-refractivity contribution >= 4 is 9.84 Å². The molecule has 0 spiro atoms. The van der Waals surface area contributed by atoms with E-state index in [9.17, 15) is 8.42 Å². The van der Waals surface area contributed by atoms with Crippen molar-refractivity contribution in [3.63, 3.8) is 0 Å². The van der Waals surface area contributed by atoms with E-state index in [0.717, 1.165) is 0 Å². The number of rotatable bonds is 0. The molecule has 0 aliphatic carbocycles. The molecule has 1 heterocycles. The second-order valence-electron chi connectivity index (χ2n) is 2.59. The number of aliphatic hydroxyl groups excluding tert-OH is 2. The Balaban J connectivity index is 2.93. The first-order valence-electron chi connectivity index (χ1n) is 3.03. The van der Waals surface area contributed by atoms with Crippen molar-refractivity contribution in [1.29, 1.82) is 0 Å². The molecule has 1 aliphatic heterocycles. The zero-order valence-electron chi connectivity index (χ0n) is 5.56. The predicted molar refractivity (Wildman–Crippen MR) is 35.3 cm³/mol. The summed E-state index contributed by atoms with van der Waals surface area (Å²) in [7, 11) is -3.22. The summed E-state index contributed by atoms with van der Waals surface area (Å²) in [5.41, 5.74) is 0. The SMILES string of the molecule is CC1[C@H](O)[C@@H](O)CS1(=O)=O. The predicted octanol–water partition coefficient (Wildman–Crippen LogP) is -1.47. The fraction of sp³-hybridized carbons (Fsp3) is 1.00. The quantitative estimate of drug-likeness (QED) is 0.460. The Kier molecular flexibility index (Phi) is 1.74. The van der Waals surface area contributed by atoms with Gasteiger partial charge in [-0.3, -0.25) is 0 Å². The first kappa shape index (κ1) is 7.97.